The summed E-state index contributed by atoms with van der Waals surface area (Å²) in [5, 5.41) is 8.36. The lowest BCUT2D eigenvalue weighted by Crippen LogP contribution is -2.28. The van der Waals surface area contributed by atoms with Crippen molar-refractivity contribution in [3.63, 3.8) is 0 Å². The topological polar surface area (TPSA) is 57.0 Å². The molecule has 14 heavy (non-hydrogen) atoms. The molecule has 4 heteroatoms. The van der Waals surface area contributed by atoms with Crippen molar-refractivity contribution in [2.24, 2.45) is 0 Å². The number of amides is 1. The van der Waals surface area contributed by atoms with Gasteiger partial charge >= 0.3 is 0 Å². The third-order valence-corrected chi connectivity index (χ3v) is 1.79. The van der Waals surface area contributed by atoms with E-state index in [1.54, 1.807) is 31.4 Å². The molecule has 1 rings (SSSR count). The van der Waals surface area contributed by atoms with Crippen LogP contribution in [-0.2, 0) is 0 Å². The van der Waals surface area contributed by atoms with Gasteiger partial charge in [0.2, 0.25) is 0 Å². The zero-order valence-electron chi connectivity index (χ0n) is 7.97. The van der Waals surface area contributed by atoms with E-state index in [0.29, 0.717) is 18.7 Å². The van der Waals surface area contributed by atoms with Gasteiger partial charge in [-0.15, -0.1) is 0 Å². The van der Waals surface area contributed by atoms with E-state index in [1.165, 1.54) is 4.90 Å². The van der Waals surface area contributed by atoms with Gasteiger partial charge in [0.05, 0.1) is 12.5 Å². The Morgan fingerprint density at radius 3 is 3.00 bits per heavy atom. The Kier molecular flexibility index (Phi) is 3.62. The average molecular weight is 189 g/mol. The van der Waals surface area contributed by atoms with Crippen LogP contribution in [0.25, 0.3) is 0 Å². The number of rotatable bonds is 3. The fraction of sp³-hybridized carbons (Fsp3) is 0.300. The van der Waals surface area contributed by atoms with E-state index in [-0.39, 0.29) is 5.91 Å². The third kappa shape index (κ3) is 2.56. The van der Waals surface area contributed by atoms with Crippen molar-refractivity contribution in [2.75, 3.05) is 13.6 Å². The molecular formula is C10H11N3O. The number of carbonyl (C=O) groups is 1. The second-order valence-electron chi connectivity index (χ2n) is 2.85. The van der Waals surface area contributed by atoms with E-state index in [9.17, 15) is 4.79 Å². The molecule has 0 fully saturated rings. The lowest BCUT2D eigenvalue weighted by molar-refractivity contribution is 0.0792. The third-order valence-electron chi connectivity index (χ3n) is 1.79. The zero-order chi connectivity index (χ0) is 10.4. The number of hydrogen-bond donors (Lipinski definition) is 0. The Morgan fingerprint density at radius 2 is 2.43 bits per heavy atom. The monoisotopic (exact) mass is 189 g/mol. The van der Waals surface area contributed by atoms with Gasteiger partial charge < -0.3 is 4.90 Å². The number of aromatic nitrogens is 1. The van der Waals surface area contributed by atoms with Crippen molar-refractivity contribution >= 4 is 5.91 Å². The van der Waals surface area contributed by atoms with Gasteiger partial charge in [-0.1, -0.05) is 6.07 Å². The molecule has 0 aliphatic rings. The Bertz CT molecular complexity index is 342. The lowest BCUT2D eigenvalue weighted by Gasteiger charge is -2.14. The average Bonchev–Trinajstić information content (AvgIpc) is 2.26. The van der Waals surface area contributed by atoms with Gasteiger partial charge in [-0.25, -0.2) is 0 Å². The molecule has 0 saturated heterocycles. The molecule has 0 aliphatic carbocycles. The molecule has 1 heterocycles. The summed E-state index contributed by atoms with van der Waals surface area (Å²) in [5.41, 5.74) is 0.410. The maximum absolute atomic E-state index is 11.6. The molecule has 0 aromatic carbocycles. The van der Waals surface area contributed by atoms with Crippen LogP contribution in [0.4, 0.5) is 0 Å². The summed E-state index contributed by atoms with van der Waals surface area (Å²) in [7, 11) is 1.66. The summed E-state index contributed by atoms with van der Waals surface area (Å²) in [6.45, 7) is 0.436. The summed E-state index contributed by atoms with van der Waals surface area (Å²) >= 11 is 0. The first-order valence-electron chi connectivity index (χ1n) is 4.29. The Morgan fingerprint density at radius 1 is 1.64 bits per heavy atom. The van der Waals surface area contributed by atoms with Gasteiger partial charge in [0.1, 0.15) is 5.69 Å². The molecule has 0 atom stereocenters. The molecule has 1 amide bonds. The largest absolute Gasteiger partial charge is 0.339 e. The van der Waals surface area contributed by atoms with E-state index in [1.807, 2.05) is 6.07 Å². The molecule has 0 saturated carbocycles. The van der Waals surface area contributed by atoms with Crippen LogP contribution in [0.1, 0.15) is 16.9 Å². The van der Waals surface area contributed by atoms with Gasteiger partial charge in [-0.3, -0.25) is 9.78 Å². The minimum absolute atomic E-state index is 0.152. The predicted octanol–water partition coefficient (Wildman–Crippen LogP) is 1.07. The summed E-state index contributed by atoms with van der Waals surface area (Å²) < 4.78 is 0. The van der Waals surface area contributed by atoms with E-state index < -0.39 is 0 Å². The van der Waals surface area contributed by atoms with Crippen LogP contribution in [0.3, 0.4) is 0 Å². The predicted molar refractivity (Wildman–Crippen MR) is 51.4 cm³/mol. The lowest BCUT2D eigenvalue weighted by atomic mass is 10.3. The Hall–Kier alpha value is -1.89. The summed E-state index contributed by atoms with van der Waals surface area (Å²) in [4.78, 5) is 17.0. The number of carbonyl (C=O) groups excluding carboxylic acids is 1. The number of nitriles is 1. The molecule has 0 spiro atoms. The Balaban J connectivity index is 2.63. The highest BCUT2D eigenvalue weighted by Crippen LogP contribution is 1.99. The summed E-state index contributed by atoms with van der Waals surface area (Å²) in [5.74, 6) is -0.152. The van der Waals surface area contributed by atoms with E-state index in [4.69, 9.17) is 5.26 Å². The van der Waals surface area contributed by atoms with Crippen LogP contribution in [-0.4, -0.2) is 29.4 Å². The normalized spacial score (nSPS) is 9.14. The van der Waals surface area contributed by atoms with Crippen LogP contribution in [0, 0.1) is 11.3 Å². The molecule has 0 unspecified atom stereocenters. The van der Waals surface area contributed by atoms with E-state index >= 15 is 0 Å². The Labute approximate surface area is 82.8 Å². The van der Waals surface area contributed by atoms with Crippen molar-refractivity contribution in [3.8, 4) is 6.07 Å². The van der Waals surface area contributed by atoms with Crippen LogP contribution >= 0.6 is 0 Å². The fourth-order valence-electron chi connectivity index (χ4n) is 1.00. The van der Waals surface area contributed by atoms with Crippen LogP contribution in [0.15, 0.2) is 24.4 Å². The molecule has 4 nitrogen and oxygen atoms in total. The first-order chi connectivity index (χ1) is 6.75. The van der Waals surface area contributed by atoms with Crippen LogP contribution < -0.4 is 0 Å². The van der Waals surface area contributed by atoms with E-state index in [0.717, 1.165) is 0 Å². The summed E-state index contributed by atoms with van der Waals surface area (Å²) in [6.07, 6.45) is 1.92. The van der Waals surface area contributed by atoms with Crippen molar-refractivity contribution in [3.05, 3.63) is 30.1 Å². The minimum atomic E-state index is -0.152. The van der Waals surface area contributed by atoms with Gasteiger partial charge in [0.25, 0.3) is 5.91 Å². The molecule has 0 N–H and O–H groups in total. The molecule has 1 aromatic rings. The molecular weight excluding hydrogens is 178 g/mol. The maximum Gasteiger partial charge on any atom is 0.272 e. The SMILES string of the molecule is CN(CCC#N)C(=O)c1ccccn1. The minimum Gasteiger partial charge on any atom is -0.339 e. The van der Waals surface area contributed by atoms with Crippen molar-refractivity contribution in [2.45, 2.75) is 6.42 Å². The second kappa shape index (κ2) is 4.97. The second-order valence-corrected chi connectivity index (χ2v) is 2.85. The molecule has 0 bridgehead atoms. The molecule has 0 radical (unpaired) electrons. The number of pyridine rings is 1. The summed E-state index contributed by atoms with van der Waals surface area (Å²) in [6, 6.07) is 7.17. The van der Waals surface area contributed by atoms with Gasteiger partial charge in [0, 0.05) is 19.8 Å². The highest BCUT2D eigenvalue weighted by molar-refractivity contribution is 5.91. The van der Waals surface area contributed by atoms with E-state index in [2.05, 4.69) is 4.98 Å². The fourth-order valence-corrected chi connectivity index (χ4v) is 1.00. The van der Waals surface area contributed by atoms with Crippen LogP contribution in [0.2, 0.25) is 0 Å². The standard InChI is InChI=1S/C10H11N3O/c1-13(8-4-6-11)10(14)9-5-2-3-7-12-9/h2-3,5,7H,4,8H2,1H3. The van der Waals surface area contributed by atoms with Gasteiger partial charge in [-0.2, -0.15) is 5.26 Å². The highest BCUT2D eigenvalue weighted by atomic mass is 16.2. The molecule has 0 aliphatic heterocycles. The van der Waals surface area contributed by atoms with Crippen LogP contribution in [0.5, 0.6) is 0 Å². The smallest absolute Gasteiger partial charge is 0.272 e. The molecule has 72 valence electrons. The molecule has 1 aromatic heterocycles. The van der Waals surface area contributed by atoms with Gasteiger partial charge in [0.15, 0.2) is 0 Å². The van der Waals surface area contributed by atoms with Gasteiger partial charge in [-0.05, 0) is 12.1 Å². The number of nitrogens with zero attached hydrogens (tertiary/aromatic N) is 3. The maximum atomic E-state index is 11.6. The quantitative estimate of drug-likeness (QED) is 0.714. The van der Waals surface area contributed by atoms with Crippen molar-refractivity contribution in [1.82, 2.24) is 9.88 Å². The highest BCUT2D eigenvalue weighted by Gasteiger charge is 2.11. The number of hydrogen-bond acceptors (Lipinski definition) is 3. The van der Waals surface area contributed by atoms with Crippen molar-refractivity contribution in [1.29, 1.82) is 5.26 Å². The first kappa shape index (κ1) is 10.2. The van der Waals surface area contributed by atoms with Crippen molar-refractivity contribution < 1.29 is 4.79 Å². The first-order valence-corrected chi connectivity index (χ1v) is 4.29. The zero-order valence-corrected chi connectivity index (χ0v) is 7.97.